The molecular weight excluding hydrogens is 224 g/mol. The van der Waals surface area contributed by atoms with Crippen LogP contribution < -0.4 is 5.73 Å². The average Bonchev–Trinajstić information content (AvgIpc) is 2.76. The van der Waals surface area contributed by atoms with Crippen molar-refractivity contribution in [2.75, 3.05) is 19.8 Å². The van der Waals surface area contributed by atoms with Crippen LogP contribution >= 0.6 is 0 Å². The number of hydrogen-bond donors (Lipinski definition) is 1. The van der Waals surface area contributed by atoms with Crippen LogP contribution in [0, 0.1) is 0 Å². The molecule has 1 fully saturated rings. The highest BCUT2D eigenvalue weighted by Gasteiger charge is 2.37. The van der Waals surface area contributed by atoms with Crippen LogP contribution in [0.25, 0.3) is 0 Å². The van der Waals surface area contributed by atoms with Gasteiger partial charge in [-0.15, -0.1) is 0 Å². The van der Waals surface area contributed by atoms with Crippen LogP contribution in [0.3, 0.4) is 0 Å². The molecule has 98 valence electrons. The number of nitrogens with two attached hydrogens (primary N) is 1. The van der Waals surface area contributed by atoms with Crippen LogP contribution in [0.5, 0.6) is 0 Å². The predicted octanol–water partition coefficient (Wildman–Crippen LogP) is 1.72. The second-order valence-electron chi connectivity index (χ2n) is 5.37. The summed E-state index contributed by atoms with van der Waals surface area (Å²) in [5.41, 5.74) is 9.22. The molecule has 2 aliphatic rings. The SMILES string of the molecule is CCC1COCCN1C1Cc2ccccc2C1N. The number of fused-ring (bicyclic) bond motifs is 1. The Balaban J connectivity index is 1.82. The molecule has 18 heavy (non-hydrogen) atoms. The first-order valence-electron chi connectivity index (χ1n) is 6.98. The number of hydrogen-bond acceptors (Lipinski definition) is 3. The third-order valence-electron chi connectivity index (χ3n) is 4.43. The van der Waals surface area contributed by atoms with E-state index in [0.717, 1.165) is 32.6 Å². The van der Waals surface area contributed by atoms with Crippen molar-refractivity contribution in [3.63, 3.8) is 0 Å². The van der Waals surface area contributed by atoms with E-state index < -0.39 is 0 Å². The van der Waals surface area contributed by atoms with Gasteiger partial charge in [0.05, 0.1) is 13.2 Å². The van der Waals surface area contributed by atoms with Gasteiger partial charge in [-0.1, -0.05) is 31.2 Å². The maximum atomic E-state index is 6.46. The molecule has 0 saturated carbocycles. The van der Waals surface area contributed by atoms with Crippen LogP contribution in [0.15, 0.2) is 24.3 Å². The summed E-state index contributed by atoms with van der Waals surface area (Å²) in [5, 5.41) is 0. The summed E-state index contributed by atoms with van der Waals surface area (Å²) in [7, 11) is 0. The first-order chi connectivity index (χ1) is 8.81. The molecule has 3 atom stereocenters. The molecule has 3 rings (SSSR count). The summed E-state index contributed by atoms with van der Waals surface area (Å²) in [5.74, 6) is 0. The van der Waals surface area contributed by atoms with Gasteiger partial charge >= 0.3 is 0 Å². The van der Waals surface area contributed by atoms with Gasteiger partial charge in [-0.05, 0) is 24.0 Å². The van der Waals surface area contributed by atoms with E-state index in [-0.39, 0.29) is 6.04 Å². The second kappa shape index (κ2) is 5.00. The Kier molecular flexibility index (Phi) is 3.37. The summed E-state index contributed by atoms with van der Waals surface area (Å²) in [6.45, 7) is 4.96. The normalized spacial score (nSPS) is 32.4. The lowest BCUT2D eigenvalue weighted by Crippen LogP contribution is -2.53. The van der Waals surface area contributed by atoms with Gasteiger partial charge in [-0.25, -0.2) is 0 Å². The molecule has 0 amide bonds. The third-order valence-corrected chi connectivity index (χ3v) is 4.43. The van der Waals surface area contributed by atoms with E-state index in [2.05, 4.69) is 36.1 Å². The Morgan fingerprint density at radius 2 is 2.22 bits per heavy atom. The number of morpholine rings is 1. The largest absolute Gasteiger partial charge is 0.378 e. The summed E-state index contributed by atoms with van der Waals surface area (Å²) >= 11 is 0. The van der Waals surface area contributed by atoms with Gasteiger partial charge in [0.1, 0.15) is 0 Å². The number of ether oxygens (including phenoxy) is 1. The van der Waals surface area contributed by atoms with Gasteiger partial charge in [0, 0.05) is 24.7 Å². The highest BCUT2D eigenvalue weighted by atomic mass is 16.5. The van der Waals surface area contributed by atoms with Gasteiger partial charge in [-0.2, -0.15) is 0 Å². The Labute approximate surface area is 109 Å². The van der Waals surface area contributed by atoms with Crippen molar-refractivity contribution in [3.05, 3.63) is 35.4 Å². The molecule has 2 N–H and O–H groups in total. The van der Waals surface area contributed by atoms with E-state index in [1.54, 1.807) is 0 Å². The fraction of sp³-hybridized carbons (Fsp3) is 0.600. The van der Waals surface area contributed by atoms with Crippen LogP contribution in [0.4, 0.5) is 0 Å². The fourth-order valence-electron chi connectivity index (χ4n) is 3.38. The number of rotatable bonds is 2. The van der Waals surface area contributed by atoms with Crippen molar-refractivity contribution < 1.29 is 4.74 Å². The molecule has 0 bridgehead atoms. The highest BCUT2D eigenvalue weighted by Crippen LogP contribution is 2.34. The quantitative estimate of drug-likeness (QED) is 0.863. The summed E-state index contributed by atoms with van der Waals surface area (Å²) in [6.07, 6.45) is 2.23. The molecule has 1 aliphatic heterocycles. The van der Waals surface area contributed by atoms with Crippen molar-refractivity contribution in [2.45, 2.75) is 37.9 Å². The zero-order valence-electron chi connectivity index (χ0n) is 11.0. The van der Waals surface area contributed by atoms with Crippen molar-refractivity contribution >= 4 is 0 Å². The Morgan fingerprint density at radius 1 is 1.39 bits per heavy atom. The average molecular weight is 246 g/mol. The van der Waals surface area contributed by atoms with Crippen molar-refractivity contribution in [1.29, 1.82) is 0 Å². The van der Waals surface area contributed by atoms with E-state index >= 15 is 0 Å². The van der Waals surface area contributed by atoms with Gasteiger partial charge in [0.2, 0.25) is 0 Å². The van der Waals surface area contributed by atoms with E-state index in [0.29, 0.717) is 12.1 Å². The Hall–Kier alpha value is -0.900. The zero-order valence-corrected chi connectivity index (χ0v) is 11.0. The topological polar surface area (TPSA) is 38.5 Å². The smallest absolute Gasteiger partial charge is 0.0622 e. The third kappa shape index (κ3) is 1.96. The molecule has 1 aliphatic carbocycles. The number of benzene rings is 1. The maximum absolute atomic E-state index is 6.46. The minimum atomic E-state index is 0.161. The lowest BCUT2D eigenvalue weighted by Gasteiger charge is -2.41. The monoisotopic (exact) mass is 246 g/mol. The molecule has 1 aromatic carbocycles. The molecule has 0 radical (unpaired) electrons. The van der Waals surface area contributed by atoms with Gasteiger partial charge in [-0.3, -0.25) is 4.90 Å². The summed E-state index contributed by atoms with van der Waals surface area (Å²) in [6, 6.07) is 9.76. The summed E-state index contributed by atoms with van der Waals surface area (Å²) in [4.78, 5) is 2.58. The van der Waals surface area contributed by atoms with Gasteiger partial charge in [0.25, 0.3) is 0 Å². The summed E-state index contributed by atoms with van der Waals surface area (Å²) < 4.78 is 5.59. The molecular formula is C15H22N2O. The van der Waals surface area contributed by atoms with E-state index in [4.69, 9.17) is 10.5 Å². The first kappa shape index (κ1) is 12.2. The minimum Gasteiger partial charge on any atom is -0.378 e. The van der Waals surface area contributed by atoms with Gasteiger partial charge in [0.15, 0.2) is 0 Å². The Bertz CT molecular complexity index is 421. The van der Waals surface area contributed by atoms with Crippen LogP contribution in [-0.4, -0.2) is 36.7 Å². The standard InChI is InChI=1S/C15H22N2O/c1-2-12-10-18-8-7-17(12)14-9-11-5-3-4-6-13(11)15(14)16/h3-6,12,14-15H,2,7-10,16H2,1H3. The molecule has 3 unspecified atom stereocenters. The van der Waals surface area contributed by atoms with E-state index in [1.165, 1.54) is 11.1 Å². The minimum absolute atomic E-state index is 0.161. The van der Waals surface area contributed by atoms with Crippen LogP contribution in [-0.2, 0) is 11.2 Å². The van der Waals surface area contributed by atoms with Crippen LogP contribution in [0.1, 0.15) is 30.5 Å². The maximum Gasteiger partial charge on any atom is 0.0622 e. The van der Waals surface area contributed by atoms with Gasteiger partial charge < -0.3 is 10.5 Å². The molecule has 0 aromatic heterocycles. The predicted molar refractivity (Wildman–Crippen MR) is 72.5 cm³/mol. The molecule has 1 saturated heterocycles. The zero-order chi connectivity index (χ0) is 12.5. The highest BCUT2D eigenvalue weighted by molar-refractivity contribution is 5.37. The molecule has 3 heteroatoms. The second-order valence-corrected chi connectivity index (χ2v) is 5.37. The van der Waals surface area contributed by atoms with Crippen molar-refractivity contribution in [1.82, 2.24) is 4.90 Å². The lowest BCUT2D eigenvalue weighted by atomic mass is 10.0. The molecule has 1 heterocycles. The molecule has 3 nitrogen and oxygen atoms in total. The van der Waals surface area contributed by atoms with Crippen molar-refractivity contribution in [3.8, 4) is 0 Å². The lowest BCUT2D eigenvalue weighted by molar-refractivity contribution is -0.0328. The Morgan fingerprint density at radius 3 is 3.00 bits per heavy atom. The molecule has 1 aromatic rings. The first-order valence-corrected chi connectivity index (χ1v) is 6.98. The fourth-order valence-corrected chi connectivity index (χ4v) is 3.38. The van der Waals surface area contributed by atoms with E-state index in [9.17, 15) is 0 Å². The van der Waals surface area contributed by atoms with E-state index in [1.807, 2.05) is 0 Å². The number of nitrogens with zero attached hydrogens (tertiary/aromatic N) is 1. The molecule has 0 spiro atoms. The van der Waals surface area contributed by atoms with Crippen molar-refractivity contribution in [2.24, 2.45) is 5.73 Å². The van der Waals surface area contributed by atoms with Crippen LogP contribution in [0.2, 0.25) is 0 Å².